The van der Waals surface area contributed by atoms with Crippen molar-refractivity contribution in [3.05, 3.63) is 59.4 Å². The molecule has 1 aliphatic rings. The Hall–Kier alpha value is -1.53. The highest BCUT2D eigenvalue weighted by Gasteiger charge is 2.37. The van der Waals surface area contributed by atoms with Crippen molar-refractivity contribution in [3.63, 3.8) is 0 Å². The molecule has 2 aromatic rings. The van der Waals surface area contributed by atoms with Crippen LogP contribution in [0.3, 0.4) is 0 Å². The van der Waals surface area contributed by atoms with Crippen molar-refractivity contribution in [3.8, 4) is 11.1 Å². The van der Waals surface area contributed by atoms with E-state index in [-0.39, 0.29) is 10.9 Å². The van der Waals surface area contributed by atoms with Crippen LogP contribution in [0.2, 0.25) is 18.1 Å². The van der Waals surface area contributed by atoms with Gasteiger partial charge in [0.1, 0.15) is 5.82 Å². The van der Waals surface area contributed by atoms with Crippen molar-refractivity contribution < 1.29 is 13.6 Å². The fraction of sp³-hybridized carbons (Fsp3) is 0.520. The van der Waals surface area contributed by atoms with Gasteiger partial charge in [-0.3, -0.25) is 0 Å². The summed E-state index contributed by atoms with van der Waals surface area (Å²) in [6, 6.07) is 13.9. The third kappa shape index (κ3) is 5.79. The molecule has 0 radical (unpaired) electrons. The highest BCUT2D eigenvalue weighted by molar-refractivity contribution is 6.74. The topological polar surface area (TPSA) is 30.5 Å². The molecule has 2 aromatic carbocycles. The van der Waals surface area contributed by atoms with Crippen LogP contribution in [-0.2, 0) is 22.3 Å². The Morgan fingerprint density at radius 1 is 1.07 bits per heavy atom. The molecule has 0 atom stereocenters. The van der Waals surface area contributed by atoms with E-state index in [0.29, 0.717) is 18.2 Å². The standard InChI is InChI=1S/C25H36FNO2Si/c1-25(2,3)30(4,5)29-18-20-8-6-7-9-22(20)23-16-19(10-11-24(23)26)17-27-21-12-14-28-15-13-21/h6-11,16,21,27H,12-15,17-18H2,1-5H3. The monoisotopic (exact) mass is 429 g/mol. The molecule has 0 saturated carbocycles. The molecule has 0 spiro atoms. The largest absolute Gasteiger partial charge is 0.413 e. The predicted octanol–water partition coefficient (Wildman–Crippen LogP) is 6.28. The van der Waals surface area contributed by atoms with E-state index >= 15 is 0 Å². The Kier molecular flexibility index (Phi) is 7.50. The Balaban J connectivity index is 1.78. The number of benzene rings is 2. The van der Waals surface area contributed by atoms with E-state index in [1.165, 1.54) is 0 Å². The quantitative estimate of drug-likeness (QED) is 0.525. The van der Waals surface area contributed by atoms with Gasteiger partial charge in [-0.1, -0.05) is 51.1 Å². The number of halogens is 1. The van der Waals surface area contributed by atoms with Gasteiger partial charge in [-0.25, -0.2) is 4.39 Å². The number of rotatable bonds is 7. The average molecular weight is 430 g/mol. The molecule has 164 valence electrons. The molecule has 1 saturated heterocycles. The molecule has 3 rings (SSSR count). The van der Waals surface area contributed by atoms with E-state index in [9.17, 15) is 4.39 Å². The second-order valence-corrected chi connectivity index (χ2v) is 14.6. The van der Waals surface area contributed by atoms with Crippen LogP contribution in [0, 0.1) is 5.82 Å². The second kappa shape index (κ2) is 9.73. The van der Waals surface area contributed by atoms with Gasteiger partial charge in [0, 0.05) is 31.4 Å². The van der Waals surface area contributed by atoms with Crippen LogP contribution in [0.4, 0.5) is 4.39 Å². The van der Waals surface area contributed by atoms with E-state index in [1.54, 1.807) is 6.07 Å². The lowest BCUT2D eigenvalue weighted by atomic mass is 9.97. The van der Waals surface area contributed by atoms with Gasteiger partial charge in [0.15, 0.2) is 8.32 Å². The highest BCUT2D eigenvalue weighted by Crippen LogP contribution is 2.38. The van der Waals surface area contributed by atoms with Crippen molar-refractivity contribution in [2.45, 2.75) is 70.9 Å². The van der Waals surface area contributed by atoms with Gasteiger partial charge < -0.3 is 14.5 Å². The smallest absolute Gasteiger partial charge is 0.192 e. The first kappa shape index (κ1) is 23.1. The van der Waals surface area contributed by atoms with E-state index in [1.807, 2.05) is 30.3 Å². The maximum atomic E-state index is 14.8. The zero-order chi connectivity index (χ0) is 21.8. The summed E-state index contributed by atoms with van der Waals surface area (Å²) in [5.41, 5.74) is 3.70. The molecule has 5 heteroatoms. The lowest BCUT2D eigenvalue weighted by Gasteiger charge is -2.36. The van der Waals surface area contributed by atoms with Crippen molar-refractivity contribution in [1.29, 1.82) is 0 Å². The highest BCUT2D eigenvalue weighted by atomic mass is 28.4. The van der Waals surface area contributed by atoms with Gasteiger partial charge in [-0.05, 0) is 59.8 Å². The summed E-state index contributed by atoms with van der Waals surface area (Å²) in [6.45, 7) is 14.1. The van der Waals surface area contributed by atoms with Crippen molar-refractivity contribution >= 4 is 8.32 Å². The summed E-state index contributed by atoms with van der Waals surface area (Å²) in [6.07, 6.45) is 2.06. The Bertz CT molecular complexity index is 841. The minimum Gasteiger partial charge on any atom is -0.413 e. The molecule has 0 aromatic heterocycles. The molecular formula is C25H36FNO2Si. The van der Waals surface area contributed by atoms with E-state index in [0.717, 1.165) is 49.3 Å². The van der Waals surface area contributed by atoms with Crippen LogP contribution in [0.25, 0.3) is 11.1 Å². The third-order valence-electron chi connectivity index (χ3n) is 6.55. The first-order valence-corrected chi connectivity index (χ1v) is 13.9. The Morgan fingerprint density at radius 3 is 2.47 bits per heavy atom. The maximum absolute atomic E-state index is 14.8. The maximum Gasteiger partial charge on any atom is 0.192 e. The van der Waals surface area contributed by atoms with Gasteiger partial charge in [0.2, 0.25) is 0 Å². The minimum atomic E-state index is -1.88. The SMILES string of the molecule is CC(C)(C)[Si](C)(C)OCc1ccccc1-c1cc(CNC2CCOCC2)ccc1F. The van der Waals surface area contributed by atoms with Crippen LogP contribution in [0.1, 0.15) is 44.7 Å². The van der Waals surface area contributed by atoms with Gasteiger partial charge in [0.25, 0.3) is 0 Å². The summed E-state index contributed by atoms with van der Waals surface area (Å²) in [4.78, 5) is 0. The molecule has 1 heterocycles. The zero-order valence-corrected chi connectivity index (χ0v) is 20.1. The van der Waals surface area contributed by atoms with Crippen molar-refractivity contribution in [2.75, 3.05) is 13.2 Å². The molecule has 3 nitrogen and oxygen atoms in total. The van der Waals surface area contributed by atoms with Crippen LogP contribution in [0.15, 0.2) is 42.5 Å². The van der Waals surface area contributed by atoms with Crippen molar-refractivity contribution in [2.24, 2.45) is 0 Å². The number of hydrogen-bond donors (Lipinski definition) is 1. The van der Waals surface area contributed by atoms with E-state index < -0.39 is 8.32 Å². The number of nitrogens with one attached hydrogen (secondary N) is 1. The molecule has 0 bridgehead atoms. The fourth-order valence-electron chi connectivity index (χ4n) is 3.44. The van der Waals surface area contributed by atoms with Crippen LogP contribution < -0.4 is 5.32 Å². The van der Waals surface area contributed by atoms with E-state index in [4.69, 9.17) is 9.16 Å². The molecule has 1 aliphatic heterocycles. The normalized spacial score (nSPS) is 16.1. The minimum absolute atomic E-state index is 0.142. The fourth-order valence-corrected chi connectivity index (χ4v) is 4.39. The Morgan fingerprint density at radius 2 is 1.77 bits per heavy atom. The van der Waals surface area contributed by atoms with Gasteiger partial charge in [-0.2, -0.15) is 0 Å². The summed E-state index contributed by atoms with van der Waals surface area (Å²) in [5.74, 6) is -0.190. The summed E-state index contributed by atoms with van der Waals surface area (Å²) in [5, 5.41) is 3.73. The zero-order valence-electron chi connectivity index (χ0n) is 19.1. The molecule has 0 unspecified atom stereocenters. The van der Waals surface area contributed by atoms with Gasteiger partial charge in [0.05, 0.1) is 6.61 Å². The van der Waals surface area contributed by atoms with Gasteiger partial charge >= 0.3 is 0 Å². The molecule has 1 N–H and O–H groups in total. The molecule has 1 fully saturated rings. The lowest BCUT2D eigenvalue weighted by Crippen LogP contribution is -2.40. The summed E-state index contributed by atoms with van der Waals surface area (Å²) < 4.78 is 26.7. The lowest BCUT2D eigenvalue weighted by molar-refractivity contribution is 0.0776. The molecule has 0 amide bonds. The summed E-state index contributed by atoms with van der Waals surface area (Å²) in [7, 11) is -1.88. The third-order valence-corrected chi connectivity index (χ3v) is 11.0. The van der Waals surface area contributed by atoms with Crippen LogP contribution in [0.5, 0.6) is 0 Å². The molecular weight excluding hydrogens is 393 g/mol. The Labute approximate surface area is 182 Å². The number of hydrogen-bond acceptors (Lipinski definition) is 3. The first-order chi connectivity index (χ1) is 14.2. The van der Waals surface area contributed by atoms with E-state index in [2.05, 4.69) is 45.2 Å². The second-order valence-electron chi connectivity index (χ2n) is 9.79. The van der Waals surface area contributed by atoms with Crippen molar-refractivity contribution in [1.82, 2.24) is 5.32 Å². The first-order valence-electron chi connectivity index (χ1n) is 11.0. The molecule has 0 aliphatic carbocycles. The summed E-state index contributed by atoms with van der Waals surface area (Å²) >= 11 is 0. The predicted molar refractivity (Wildman–Crippen MR) is 125 cm³/mol. The van der Waals surface area contributed by atoms with Gasteiger partial charge in [-0.15, -0.1) is 0 Å². The number of ether oxygens (including phenoxy) is 1. The molecule has 30 heavy (non-hydrogen) atoms. The van der Waals surface area contributed by atoms with Crippen LogP contribution in [-0.4, -0.2) is 27.6 Å². The average Bonchev–Trinajstić information content (AvgIpc) is 2.72. The van der Waals surface area contributed by atoms with Crippen LogP contribution >= 0.6 is 0 Å².